The molecule has 12 heteroatoms. The van der Waals surface area contributed by atoms with Gasteiger partial charge in [0, 0.05) is 42.3 Å². The zero-order valence-corrected chi connectivity index (χ0v) is 22.4. The maximum atomic E-state index is 13.6. The first-order valence-corrected chi connectivity index (χ1v) is 13.9. The minimum Gasteiger partial charge on any atom is -0.357 e. The summed E-state index contributed by atoms with van der Waals surface area (Å²) in [6.07, 6.45) is 11.5. The minimum absolute atomic E-state index is 0.151. The van der Waals surface area contributed by atoms with Gasteiger partial charge in [0.2, 0.25) is 0 Å². The Hall–Kier alpha value is -2.67. The minimum atomic E-state index is -0.339. The van der Waals surface area contributed by atoms with Crippen LogP contribution in [0.25, 0.3) is 10.2 Å². The van der Waals surface area contributed by atoms with Crippen LogP contribution >= 0.6 is 23.3 Å². The predicted octanol–water partition coefficient (Wildman–Crippen LogP) is 2.39. The topological polar surface area (TPSA) is 110 Å². The van der Waals surface area contributed by atoms with Gasteiger partial charge in [0.15, 0.2) is 6.29 Å². The molecule has 1 atom stereocenters. The Bertz CT molecular complexity index is 1430. The van der Waals surface area contributed by atoms with Crippen LogP contribution in [-0.4, -0.2) is 43.5 Å². The third kappa shape index (κ3) is 5.51. The van der Waals surface area contributed by atoms with Crippen LogP contribution in [-0.2, 0) is 20.1 Å². The van der Waals surface area contributed by atoms with E-state index in [0.29, 0.717) is 16.8 Å². The van der Waals surface area contributed by atoms with Crippen molar-refractivity contribution in [2.75, 3.05) is 6.54 Å². The highest BCUT2D eigenvalue weighted by atomic mass is 32.2. The molecule has 3 aromatic rings. The maximum absolute atomic E-state index is 13.6. The lowest BCUT2D eigenvalue weighted by atomic mass is 10.2. The molecule has 5 rings (SSSR count). The number of nitrogens with zero attached hydrogens (tertiary/aromatic N) is 5. The molecule has 192 valence electrons. The van der Waals surface area contributed by atoms with Crippen LogP contribution in [0.4, 0.5) is 0 Å². The van der Waals surface area contributed by atoms with Crippen molar-refractivity contribution in [1.82, 2.24) is 34.3 Å². The molecule has 0 amide bonds. The van der Waals surface area contributed by atoms with Crippen LogP contribution in [0.3, 0.4) is 0 Å². The highest BCUT2D eigenvalue weighted by molar-refractivity contribution is 7.99. The first kappa shape index (κ1) is 25.0. The van der Waals surface area contributed by atoms with Crippen LogP contribution in [0.5, 0.6) is 0 Å². The largest absolute Gasteiger partial charge is 0.357 e. The lowest BCUT2D eigenvalue weighted by molar-refractivity contribution is 0.475. The molecule has 1 aliphatic carbocycles. The normalized spacial score (nSPS) is 18.4. The van der Waals surface area contributed by atoms with Crippen molar-refractivity contribution in [3.05, 3.63) is 56.6 Å². The van der Waals surface area contributed by atoms with Gasteiger partial charge in [-0.25, -0.2) is 4.79 Å². The smallest absolute Gasteiger partial charge is 0.332 e. The Morgan fingerprint density at radius 3 is 2.78 bits per heavy atom. The standard InChI is InChI=1S/C24H32N8O2S2/c1-4-5-8-25-22-26-10-16(11-27-22)14-32-21-18(9-19(35-21)36-29-24(2)6-7-24)20(33)31(23(32)34)15-17-12-28-30(3)13-17/h9-13,22,25-26,29H,4-8,14-15H2,1-3H3. The number of hydrogen-bond acceptors (Lipinski definition) is 9. The summed E-state index contributed by atoms with van der Waals surface area (Å²) in [6.45, 7) is 5.72. The van der Waals surface area contributed by atoms with Gasteiger partial charge in [0.25, 0.3) is 5.56 Å². The molecule has 2 aliphatic rings. The van der Waals surface area contributed by atoms with E-state index >= 15 is 0 Å². The summed E-state index contributed by atoms with van der Waals surface area (Å²) < 4.78 is 9.12. The van der Waals surface area contributed by atoms with Gasteiger partial charge in [-0.2, -0.15) is 5.10 Å². The molecule has 10 nitrogen and oxygen atoms in total. The first-order chi connectivity index (χ1) is 17.3. The molecule has 0 saturated heterocycles. The van der Waals surface area contributed by atoms with E-state index in [2.05, 4.69) is 39.3 Å². The van der Waals surface area contributed by atoms with Gasteiger partial charge in [-0.1, -0.05) is 13.3 Å². The molecule has 1 fully saturated rings. The molecular formula is C24H32N8O2S2. The van der Waals surface area contributed by atoms with E-state index in [1.54, 1.807) is 21.7 Å². The molecule has 0 spiro atoms. The van der Waals surface area contributed by atoms with E-state index in [4.69, 9.17) is 0 Å². The Balaban J connectivity index is 1.47. The summed E-state index contributed by atoms with van der Waals surface area (Å²) in [5, 5.41) is 11.3. The second kappa shape index (κ2) is 10.4. The quantitative estimate of drug-likeness (QED) is 0.259. The zero-order valence-electron chi connectivity index (χ0n) is 20.8. The van der Waals surface area contributed by atoms with Crippen molar-refractivity contribution in [3.8, 4) is 0 Å². The molecule has 3 aromatic heterocycles. The van der Waals surface area contributed by atoms with Gasteiger partial charge in [0.05, 0.1) is 28.9 Å². The SMILES string of the molecule is CCCCNC1N=CC(Cn2c(=O)n(Cc3cnn(C)c3)c(=O)c3cc(SNC4(C)CC4)sc32)=CN1. The highest BCUT2D eigenvalue weighted by Gasteiger charge is 2.37. The molecule has 0 bridgehead atoms. The van der Waals surface area contributed by atoms with Gasteiger partial charge >= 0.3 is 5.69 Å². The summed E-state index contributed by atoms with van der Waals surface area (Å²) in [5.74, 6) is 0. The van der Waals surface area contributed by atoms with E-state index in [1.165, 1.54) is 27.9 Å². The Morgan fingerprint density at radius 1 is 1.28 bits per heavy atom. The first-order valence-electron chi connectivity index (χ1n) is 12.3. The van der Waals surface area contributed by atoms with E-state index in [0.717, 1.165) is 47.6 Å². The number of aryl methyl sites for hydroxylation is 1. The monoisotopic (exact) mass is 528 g/mol. The summed E-state index contributed by atoms with van der Waals surface area (Å²) in [7, 11) is 1.82. The lowest BCUT2D eigenvalue weighted by Crippen LogP contribution is -2.42. The molecule has 36 heavy (non-hydrogen) atoms. The molecule has 1 saturated carbocycles. The van der Waals surface area contributed by atoms with Crippen LogP contribution in [0.1, 0.15) is 45.1 Å². The number of unbranched alkanes of at least 4 members (excludes halogenated alkanes) is 1. The number of rotatable bonds is 11. The Morgan fingerprint density at radius 2 is 2.11 bits per heavy atom. The number of thiophene rings is 1. The average Bonchev–Trinajstić information content (AvgIpc) is 3.25. The zero-order chi connectivity index (χ0) is 25.3. The van der Waals surface area contributed by atoms with Crippen LogP contribution in [0, 0.1) is 0 Å². The number of allylic oxidation sites excluding steroid dienone is 1. The number of aromatic nitrogens is 4. The average molecular weight is 529 g/mol. The van der Waals surface area contributed by atoms with Crippen molar-refractivity contribution in [2.45, 2.75) is 68.7 Å². The van der Waals surface area contributed by atoms with E-state index in [-0.39, 0.29) is 29.6 Å². The summed E-state index contributed by atoms with van der Waals surface area (Å²) in [5.41, 5.74) is 1.20. The van der Waals surface area contributed by atoms with E-state index in [9.17, 15) is 9.59 Å². The Labute approximate surface area is 217 Å². The fraction of sp³-hybridized carbons (Fsp3) is 0.500. The summed E-state index contributed by atoms with van der Waals surface area (Å²) >= 11 is 3.01. The van der Waals surface area contributed by atoms with Crippen molar-refractivity contribution in [2.24, 2.45) is 12.0 Å². The Kier molecular flexibility index (Phi) is 7.20. The van der Waals surface area contributed by atoms with Gasteiger partial charge in [-0.3, -0.25) is 33.6 Å². The van der Waals surface area contributed by atoms with Crippen molar-refractivity contribution in [3.63, 3.8) is 0 Å². The van der Waals surface area contributed by atoms with Gasteiger partial charge in [-0.15, -0.1) is 11.3 Å². The van der Waals surface area contributed by atoms with Gasteiger partial charge < -0.3 is 5.32 Å². The van der Waals surface area contributed by atoms with Crippen molar-refractivity contribution in [1.29, 1.82) is 0 Å². The molecule has 0 aromatic carbocycles. The second-order valence-electron chi connectivity index (χ2n) is 9.71. The molecule has 0 radical (unpaired) electrons. The highest BCUT2D eigenvalue weighted by Crippen LogP contribution is 2.39. The lowest BCUT2D eigenvalue weighted by Gasteiger charge is -2.20. The second-order valence-corrected chi connectivity index (χ2v) is 11.8. The molecular weight excluding hydrogens is 496 g/mol. The van der Waals surface area contributed by atoms with Crippen LogP contribution in [0.2, 0.25) is 0 Å². The number of hydrogen-bond donors (Lipinski definition) is 3. The van der Waals surface area contributed by atoms with E-state index in [1.807, 2.05) is 25.5 Å². The van der Waals surface area contributed by atoms with Crippen LogP contribution < -0.4 is 26.6 Å². The fourth-order valence-corrected chi connectivity index (χ4v) is 6.07. The molecule has 1 unspecified atom stereocenters. The molecule has 3 N–H and O–H groups in total. The number of nitrogens with one attached hydrogen (secondary N) is 3. The fourth-order valence-electron chi connectivity index (χ4n) is 3.94. The van der Waals surface area contributed by atoms with Gasteiger partial charge in [-0.05, 0) is 50.7 Å². The van der Waals surface area contributed by atoms with Gasteiger partial charge in [0.1, 0.15) is 4.83 Å². The van der Waals surface area contributed by atoms with E-state index < -0.39 is 0 Å². The summed E-state index contributed by atoms with van der Waals surface area (Å²) in [6, 6.07) is 1.90. The number of aliphatic imine (C=N–C) groups is 1. The maximum Gasteiger partial charge on any atom is 0.332 e. The third-order valence-corrected chi connectivity index (χ3v) is 8.76. The molecule has 4 heterocycles. The summed E-state index contributed by atoms with van der Waals surface area (Å²) in [4.78, 5) is 32.3. The number of fused-ring (bicyclic) bond motifs is 1. The third-order valence-electron chi connectivity index (χ3n) is 6.39. The predicted molar refractivity (Wildman–Crippen MR) is 146 cm³/mol. The van der Waals surface area contributed by atoms with Crippen molar-refractivity contribution >= 4 is 39.7 Å². The van der Waals surface area contributed by atoms with Crippen molar-refractivity contribution < 1.29 is 0 Å². The van der Waals surface area contributed by atoms with Crippen LogP contribution in [0.15, 0.2) is 49.0 Å². The molecule has 1 aliphatic heterocycles.